The molecule has 0 bridgehead atoms. The van der Waals surface area contributed by atoms with Gasteiger partial charge in [0.2, 0.25) is 0 Å². The highest BCUT2D eigenvalue weighted by Crippen LogP contribution is 2.28. The number of rotatable bonds is 7. The minimum atomic E-state index is 0.900. The van der Waals surface area contributed by atoms with Crippen LogP contribution >= 0.6 is 11.3 Å². The number of benzene rings is 1. The molecule has 0 spiro atoms. The molecule has 2 rings (SSSR count). The lowest BCUT2D eigenvalue weighted by atomic mass is 10.2. The maximum absolute atomic E-state index is 5.41. The minimum absolute atomic E-state index is 0.900. The van der Waals surface area contributed by atoms with Crippen molar-refractivity contribution < 1.29 is 4.74 Å². The summed E-state index contributed by atoms with van der Waals surface area (Å²) in [5.74, 6) is 0.916. The summed E-state index contributed by atoms with van der Waals surface area (Å²) in [6, 6.07) is 12.5. The summed E-state index contributed by atoms with van der Waals surface area (Å²) < 4.78 is 5.41. The monoisotopic (exact) mass is 290 g/mol. The molecule has 0 amide bonds. The lowest BCUT2D eigenvalue weighted by molar-refractivity contribution is 0.415. The van der Waals surface area contributed by atoms with E-state index in [0.29, 0.717) is 0 Å². The van der Waals surface area contributed by atoms with Gasteiger partial charge in [-0.1, -0.05) is 19.1 Å². The van der Waals surface area contributed by atoms with Gasteiger partial charge in [-0.25, -0.2) is 0 Å². The van der Waals surface area contributed by atoms with Gasteiger partial charge >= 0.3 is 0 Å². The standard InChI is InChI=1S/C16H22N2OS/c1-4-17-11-13-9-10-14(20-13)12-18(2)15-7-5-6-8-16(15)19-3/h5-10,17H,4,11-12H2,1-3H3. The Balaban J connectivity index is 2.03. The molecule has 108 valence electrons. The van der Waals surface area contributed by atoms with Crippen LogP contribution in [0.3, 0.4) is 0 Å². The smallest absolute Gasteiger partial charge is 0.142 e. The first kappa shape index (κ1) is 14.9. The van der Waals surface area contributed by atoms with Crippen molar-refractivity contribution in [1.82, 2.24) is 5.32 Å². The van der Waals surface area contributed by atoms with Crippen LogP contribution < -0.4 is 15.0 Å². The van der Waals surface area contributed by atoms with Crippen LogP contribution in [0.15, 0.2) is 36.4 Å². The van der Waals surface area contributed by atoms with Gasteiger partial charge in [0.05, 0.1) is 19.3 Å². The average Bonchev–Trinajstić information content (AvgIpc) is 2.92. The highest BCUT2D eigenvalue weighted by atomic mass is 32.1. The van der Waals surface area contributed by atoms with E-state index in [0.717, 1.165) is 31.1 Å². The van der Waals surface area contributed by atoms with E-state index in [1.54, 1.807) is 7.11 Å². The Kier molecular flexibility index (Phi) is 5.44. The van der Waals surface area contributed by atoms with Gasteiger partial charge in [0.15, 0.2) is 0 Å². The third kappa shape index (κ3) is 3.74. The molecule has 0 fully saturated rings. The maximum Gasteiger partial charge on any atom is 0.142 e. The molecule has 0 aliphatic heterocycles. The van der Waals surface area contributed by atoms with E-state index in [4.69, 9.17) is 4.74 Å². The minimum Gasteiger partial charge on any atom is -0.495 e. The van der Waals surface area contributed by atoms with Gasteiger partial charge in [-0.05, 0) is 30.8 Å². The van der Waals surface area contributed by atoms with Crippen molar-refractivity contribution in [3.05, 3.63) is 46.2 Å². The molecule has 0 atom stereocenters. The van der Waals surface area contributed by atoms with E-state index in [-0.39, 0.29) is 0 Å². The summed E-state index contributed by atoms with van der Waals surface area (Å²) in [5, 5.41) is 3.36. The highest BCUT2D eigenvalue weighted by Gasteiger charge is 2.09. The second-order valence-corrected chi connectivity index (χ2v) is 5.93. The molecule has 0 saturated carbocycles. The van der Waals surface area contributed by atoms with Crippen LogP contribution in [0, 0.1) is 0 Å². The van der Waals surface area contributed by atoms with Crippen molar-refractivity contribution in [2.24, 2.45) is 0 Å². The first-order valence-corrected chi connectivity index (χ1v) is 7.68. The van der Waals surface area contributed by atoms with Gasteiger partial charge in [-0.2, -0.15) is 0 Å². The number of nitrogens with one attached hydrogen (secondary N) is 1. The number of anilines is 1. The van der Waals surface area contributed by atoms with Crippen molar-refractivity contribution in [3.8, 4) is 5.75 Å². The number of thiophene rings is 1. The van der Waals surface area contributed by atoms with E-state index in [2.05, 4.69) is 42.4 Å². The van der Waals surface area contributed by atoms with Gasteiger partial charge in [0.1, 0.15) is 5.75 Å². The Bertz CT molecular complexity index is 539. The van der Waals surface area contributed by atoms with Crippen LogP contribution in [-0.4, -0.2) is 20.7 Å². The Labute approximate surface area is 125 Å². The Morgan fingerprint density at radius 3 is 2.65 bits per heavy atom. The third-order valence-corrected chi connectivity index (χ3v) is 4.23. The predicted octanol–water partition coefficient (Wildman–Crippen LogP) is 3.50. The number of para-hydroxylation sites is 2. The van der Waals surface area contributed by atoms with Crippen LogP contribution in [0.4, 0.5) is 5.69 Å². The quantitative estimate of drug-likeness (QED) is 0.844. The molecular formula is C16H22N2OS. The lowest BCUT2D eigenvalue weighted by Crippen LogP contribution is -2.16. The van der Waals surface area contributed by atoms with E-state index in [1.807, 2.05) is 29.5 Å². The van der Waals surface area contributed by atoms with Gasteiger partial charge < -0.3 is 15.0 Å². The molecule has 0 saturated heterocycles. The molecule has 1 N–H and O–H groups in total. The lowest BCUT2D eigenvalue weighted by Gasteiger charge is -2.20. The number of hydrogen-bond donors (Lipinski definition) is 1. The molecule has 1 aromatic heterocycles. The molecule has 4 heteroatoms. The zero-order valence-electron chi connectivity index (χ0n) is 12.3. The van der Waals surface area contributed by atoms with Crippen molar-refractivity contribution >= 4 is 17.0 Å². The Morgan fingerprint density at radius 2 is 1.90 bits per heavy atom. The molecule has 0 unspecified atom stereocenters. The molecule has 1 heterocycles. The molecule has 0 radical (unpaired) electrons. The number of ether oxygens (including phenoxy) is 1. The SMILES string of the molecule is CCNCc1ccc(CN(C)c2ccccc2OC)s1. The fourth-order valence-corrected chi connectivity index (χ4v) is 3.16. The Hall–Kier alpha value is -1.52. The second-order valence-electron chi connectivity index (χ2n) is 4.68. The molecule has 0 aliphatic rings. The summed E-state index contributed by atoms with van der Waals surface area (Å²) in [5.41, 5.74) is 1.12. The van der Waals surface area contributed by atoms with Gasteiger partial charge in [-0.15, -0.1) is 11.3 Å². The van der Waals surface area contributed by atoms with Crippen LogP contribution in [0.25, 0.3) is 0 Å². The first-order chi connectivity index (χ1) is 9.74. The second kappa shape index (κ2) is 7.31. The summed E-state index contributed by atoms with van der Waals surface area (Å²) in [7, 11) is 3.81. The summed E-state index contributed by atoms with van der Waals surface area (Å²) in [6.45, 7) is 5.00. The largest absolute Gasteiger partial charge is 0.495 e. The molecule has 0 aliphatic carbocycles. The Morgan fingerprint density at radius 1 is 1.15 bits per heavy atom. The fourth-order valence-electron chi connectivity index (χ4n) is 2.11. The van der Waals surface area contributed by atoms with Gasteiger partial charge in [0.25, 0.3) is 0 Å². The topological polar surface area (TPSA) is 24.5 Å². The molecular weight excluding hydrogens is 268 g/mol. The summed E-state index contributed by atoms with van der Waals surface area (Å²) in [6.07, 6.45) is 0. The van der Waals surface area contributed by atoms with Gasteiger partial charge in [0, 0.05) is 23.3 Å². The number of hydrogen-bond acceptors (Lipinski definition) is 4. The maximum atomic E-state index is 5.41. The highest BCUT2D eigenvalue weighted by molar-refractivity contribution is 7.12. The van der Waals surface area contributed by atoms with Crippen LogP contribution in [0.1, 0.15) is 16.7 Å². The number of methoxy groups -OCH3 is 1. The fraction of sp³-hybridized carbons (Fsp3) is 0.375. The van der Waals surface area contributed by atoms with Crippen molar-refractivity contribution in [1.29, 1.82) is 0 Å². The first-order valence-electron chi connectivity index (χ1n) is 6.87. The molecule has 20 heavy (non-hydrogen) atoms. The van der Waals surface area contributed by atoms with Crippen molar-refractivity contribution in [2.45, 2.75) is 20.0 Å². The van der Waals surface area contributed by atoms with E-state index in [9.17, 15) is 0 Å². The van der Waals surface area contributed by atoms with E-state index < -0.39 is 0 Å². The predicted molar refractivity (Wildman–Crippen MR) is 86.8 cm³/mol. The molecule has 1 aromatic carbocycles. The van der Waals surface area contributed by atoms with E-state index >= 15 is 0 Å². The summed E-state index contributed by atoms with van der Waals surface area (Å²) >= 11 is 1.86. The number of nitrogens with zero attached hydrogens (tertiary/aromatic N) is 1. The van der Waals surface area contributed by atoms with Crippen molar-refractivity contribution in [3.63, 3.8) is 0 Å². The van der Waals surface area contributed by atoms with Crippen LogP contribution in [-0.2, 0) is 13.1 Å². The molecule has 2 aromatic rings. The summed E-state index contributed by atoms with van der Waals surface area (Å²) in [4.78, 5) is 4.98. The normalized spacial score (nSPS) is 10.6. The average molecular weight is 290 g/mol. The van der Waals surface area contributed by atoms with E-state index in [1.165, 1.54) is 9.75 Å². The van der Waals surface area contributed by atoms with Gasteiger partial charge in [-0.3, -0.25) is 0 Å². The van der Waals surface area contributed by atoms with Crippen LogP contribution in [0.5, 0.6) is 5.75 Å². The van der Waals surface area contributed by atoms with Crippen molar-refractivity contribution in [2.75, 3.05) is 25.6 Å². The van der Waals surface area contributed by atoms with Crippen LogP contribution in [0.2, 0.25) is 0 Å². The zero-order chi connectivity index (χ0) is 14.4. The molecule has 3 nitrogen and oxygen atoms in total. The zero-order valence-corrected chi connectivity index (χ0v) is 13.2. The third-order valence-electron chi connectivity index (χ3n) is 3.16.